The predicted octanol–water partition coefficient (Wildman–Crippen LogP) is 4.05. The average Bonchev–Trinajstić information content (AvgIpc) is 2.81. The van der Waals surface area contributed by atoms with Crippen molar-refractivity contribution in [2.45, 2.75) is 19.4 Å². The van der Waals surface area contributed by atoms with Gasteiger partial charge in [-0.15, -0.1) is 11.3 Å². The second-order valence-corrected chi connectivity index (χ2v) is 6.80. The molecule has 0 unspecified atom stereocenters. The number of rotatable bonds is 3. The fraction of sp³-hybridized carbons (Fsp3) is 0.312. The number of amides is 1. The molecule has 1 N–H and O–H groups in total. The van der Waals surface area contributed by atoms with E-state index in [9.17, 15) is 4.79 Å². The molecule has 0 fully saturated rings. The number of benzene rings is 1. The first-order valence-electron chi connectivity index (χ1n) is 7.09. The van der Waals surface area contributed by atoms with Crippen LogP contribution in [0.1, 0.15) is 34.6 Å². The van der Waals surface area contributed by atoms with Crippen LogP contribution in [0, 0.1) is 0 Å². The standard InChI is InChI=1S/C16H16ClNO3S/c1-10(14-5-6-15(17)22-14)18-16(19)11-3-4-12-13(9-11)21-8-2-7-20-12/h3-6,9-10H,2,7-8H2,1H3,(H,18,19)/t10-/m1/s1. The molecule has 0 aliphatic carbocycles. The van der Waals surface area contributed by atoms with Crippen molar-refractivity contribution in [3.8, 4) is 11.5 Å². The van der Waals surface area contributed by atoms with E-state index < -0.39 is 0 Å². The summed E-state index contributed by atoms with van der Waals surface area (Å²) in [6, 6.07) is 8.91. The van der Waals surface area contributed by atoms with E-state index in [4.69, 9.17) is 21.1 Å². The van der Waals surface area contributed by atoms with Crippen LogP contribution in [0.4, 0.5) is 0 Å². The van der Waals surface area contributed by atoms with Gasteiger partial charge in [0.2, 0.25) is 0 Å². The third-order valence-corrected chi connectivity index (χ3v) is 4.79. The number of ether oxygens (including phenoxy) is 2. The maximum atomic E-state index is 12.4. The van der Waals surface area contributed by atoms with Crippen LogP contribution in [-0.4, -0.2) is 19.1 Å². The number of carbonyl (C=O) groups excluding carboxylic acids is 1. The van der Waals surface area contributed by atoms with E-state index in [1.165, 1.54) is 11.3 Å². The molecule has 2 aromatic rings. The van der Waals surface area contributed by atoms with Crippen molar-refractivity contribution in [2.75, 3.05) is 13.2 Å². The second kappa shape index (κ2) is 6.58. The summed E-state index contributed by atoms with van der Waals surface area (Å²) in [5.41, 5.74) is 0.554. The Kier molecular flexibility index (Phi) is 4.55. The zero-order valence-electron chi connectivity index (χ0n) is 12.1. The number of halogens is 1. The lowest BCUT2D eigenvalue weighted by Crippen LogP contribution is -2.26. The van der Waals surface area contributed by atoms with E-state index in [-0.39, 0.29) is 11.9 Å². The number of thiophene rings is 1. The van der Waals surface area contributed by atoms with Gasteiger partial charge in [-0.25, -0.2) is 0 Å². The summed E-state index contributed by atoms with van der Waals surface area (Å²) in [5.74, 6) is 1.16. The largest absolute Gasteiger partial charge is 0.490 e. The fourth-order valence-electron chi connectivity index (χ4n) is 2.22. The molecule has 1 aliphatic rings. The molecule has 1 aromatic heterocycles. The molecule has 4 nitrogen and oxygen atoms in total. The quantitative estimate of drug-likeness (QED) is 0.919. The highest BCUT2D eigenvalue weighted by molar-refractivity contribution is 7.16. The molecule has 1 atom stereocenters. The van der Waals surface area contributed by atoms with Crippen LogP contribution in [0.3, 0.4) is 0 Å². The Labute approximate surface area is 138 Å². The smallest absolute Gasteiger partial charge is 0.251 e. The highest BCUT2D eigenvalue weighted by atomic mass is 35.5. The summed E-state index contributed by atoms with van der Waals surface area (Å²) in [6.45, 7) is 3.17. The van der Waals surface area contributed by atoms with Crippen molar-refractivity contribution >= 4 is 28.8 Å². The normalized spacial score (nSPS) is 15.0. The molecule has 1 amide bonds. The number of fused-ring (bicyclic) bond motifs is 1. The Hall–Kier alpha value is -1.72. The van der Waals surface area contributed by atoms with Crippen molar-refractivity contribution < 1.29 is 14.3 Å². The first kappa shape index (κ1) is 15.2. The van der Waals surface area contributed by atoms with Crippen LogP contribution < -0.4 is 14.8 Å². The second-order valence-electron chi connectivity index (χ2n) is 5.05. The van der Waals surface area contributed by atoms with Gasteiger partial charge in [0.15, 0.2) is 11.5 Å². The molecule has 0 saturated heterocycles. The molecular weight excluding hydrogens is 322 g/mol. The topological polar surface area (TPSA) is 47.6 Å². The minimum Gasteiger partial charge on any atom is -0.490 e. The first-order valence-corrected chi connectivity index (χ1v) is 8.28. The van der Waals surface area contributed by atoms with E-state index in [2.05, 4.69) is 5.32 Å². The van der Waals surface area contributed by atoms with Gasteiger partial charge in [-0.3, -0.25) is 4.79 Å². The third-order valence-electron chi connectivity index (χ3n) is 3.38. The van der Waals surface area contributed by atoms with Crippen molar-refractivity contribution in [1.82, 2.24) is 5.32 Å². The summed E-state index contributed by atoms with van der Waals surface area (Å²) < 4.78 is 11.9. The Morgan fingerprint density at radius 2 is 2.00 bits per heavy atom. The lowest BCUT2D eigenvalue weighted by molar-refractivity contribution is 0.0940. The molecule has 116 valence electrons. The molecular formula is C16H16ClNO3S. The average molecular weight is 338 g/mol. The van der Waals surface area contributed by atoms with E-state index in [0.717, 1.165) is 11.3 Å². The molecule has 0 saturated carbocycles. The fourth-order valence-corrected chi connectivity index (χ4v) is 3.28. The minimum absolute atomic E-state index is 0.0963. The van der Waals surface area contributed by atoms with E-state index in [1.807, 2.05) is 19.1 Å². The van der Waals surface area contributed by atoms with E-state index in [1.54, 1.807) is 18.2 Å². The molecule has 0 bridgehead atoms. The monoisotopic (exact) mass is 337 g/mol. The Balaban J connectivity index is 1.73. The van der Waals surface area contributed by atoms with Gasteiger partial charge in [0.25, 0.3) is 5.91 Å². The van der Waals surface area contributed by atoms with Gasteiger partial charge in [-0.05, 0) is 37.3 Å². The van der Waals surface area contributed by atoms with E-state index in [0.29, 0.717) is 34.6 Å². The molecule has 6 heteroatoms. The maximum absolute atomic E-state index is 12.4. The summed E-state index contributed by atoms with van der Waals surface area (Å²) >= 11 is 7.39. The molecule has 1 aromatic carbocycles. The minimum atomic E-state index is -0.146. The van der Waals surface area contributed by atoms with Gasteiger partial charge in [0.1, 0.15) is 0 Å². The Morgan fingerprint density at radius 3 is 2.73 bits per heavy atom. The summed E-state index contributed by atoms with van der Waals surface area (Å²) in [4.78, 5) is 13.4. The van der Waals surface area contributed by atoms with Crippen LogP contribution in [0.25, 0.3) is 0 Å². The van der Waals surface area contributed by atoms with Gasteiger partial charge in [0.05, 0.1) is 23.6 Å². The van der Waals surface area contributed by atoms with Crippen LogP contribution in [0.5, 0.6) is 11.5 Å². The van der Waals surface area contributed by atoms with Crippen LogP contribution in [-0.2, 0) is 0 Å². The van der Waals surface area contributed by atoms with Gasteiger partial charge in [0, 0.05) is 16.9 Å². The highest BCUT2D eigenvalue weighted by Crippen LogP contribution is 2.31. The highest BCUT2D eigenvalue weighted by Gasteiger charge is 2.16. The van der Waals surface area contributed by atoms with Crippen LogP contribution in [0.15, 0.2) is 30.3 Å². The van der Waals surface area contributed by atoms with Crippen molar-refractivity contribution in [1.29, 1.82) is 0 Å². The number of hydrogen-bond acceptors (Lipinski definition) is 4. The molecule has 3 rings (SSSR count). The lowest BCUT2D eigenvalue weighted by atomic mass is 10.1. The summed E-state index contributed by atoms with van der Waals surface area (Å²) in [5, 5.41) is 2.96. The van der Waals surface area contributed by atoms with Crippen molar-refractivity contribution in [3.63, 3.8) is 0 Å². The summed E-state index contributed by atoms with van der Waals surface area (Å²) in [6.07, 6.45) is 0.840. The summed E-state index contributed by atoms with van der Waals surface area (Å²) in [7, 11) is 0. The van der Waals surface area contributed by atoms with Gasteiger partial charge >= 0.3 is 0 Å². The predicted molar refractivity (Wildman–Crippen MR) is 87.3 cm³/mol. The number of nitrogens with one attached hydrogen (secondary N) is 1. The van der Waals surface area contributed by atoms with E-state index >= 15 is 0 Å². The maximum Gasteiger partial charge on any atom is 0.251 e. The molecule has 22 heavy (non-hydrogen) atoms. The molecule has 0 radical (unpaired) electrons. The van der Waals surface area contributed by atoms with Crippen LogP contribution >= 0.6 is 22.9 Å². The number of carbonyl (C=O) groups is 1. The third kappa shape index (κ3) is 3.36. The molecule has 2 heterocycles. The Morgan fingerprint density at radius 1 is 1.23 bits per heavy atom. The van der Waals surface area contributed by atoms with Crippen LogP contribution in [0.2, 0.25) is 4.34 Å². The number of hydrogen-bond donors (Lipinski definition) is 1. The Bertz CT molecular complexity index is 686. The molecule has 0 spiro atoms. The zero-order chi connectivity index (χ0) is 15.5. The van der Waals surface area contributed by atoms with Gasteiger partial charge < -0.3 is 14.8 Å². The van der Waals surface area contributed by atoms with Gasteiger partial charge in [-0.1, -0.05) is 11.6 Å². The SMILES string of the molecule is C[C@@H](NC(=O)c1ccc2c(c1)OCCCO2)c1ccc(Cl)s1. The lowest BCUT2D eigenvalue weighted by Gasteiger charge is -2.13. The molecule has 1 aliphatic heterocycles. The first-order chi connectivity index (χ1) is 10.6. The van der Waals surface area contributed by atoms with Gasteiger partial charge in [-0.2, -0.15) is 0 Å². The van der Waals surface area contributed by atoms with Crippen molar-refractivity contribution in [3.05, 3.63) is 45.1 Å². The zero-order valence-corrected chi connectivity index (χ0v) is 13.7. The van der Waals surface area contributed by atoms with Crippen molar-refractivity contribution in [2.24, 2.45) is 0 Å².